The largest absolute Gasteiger partial charge is 0.493 e. The number of methoxy groups -OCH3 is 1. The fraction of sp³-hybridized carbons (Fsp3) is 0.286. The van der Waals surface area contributed by atoms with Gasteiger partial charge in [-0.25, -0.2) is 9.97 Å². The predicted octanol–water partition coefficient (Wildman–Crippen LogP) is 4.99. The van der Waals surface area contributed by atoms with Crippen LogP contribution in [0.4, 0.5) is 5.95 Å². The SMILES string of the molecule is COc1cc(C2c3c(oc4cc(C)c(C)cc4c3=O)C(=O)N2c2ncccn2)ccc1OCC(C)C. The summed E-state index contributed by atoms with van der Waals surface area (Å²) in [6.07, 6.45) is 3.11. The van der Waals surface area contributed by atoms with Crippen molar-refractivity contribution in [2.24, 2.45) is 5.92 Å². The van der Waals surface area contributed by atoms with Gasteiger partial charge in [0.1, 0.15) is 5.58 Å². The van der Waals surface area contributed by atoms with Crippen molar-refractivity contribution in [2.75, 3.05) is 18.6 Å². The van der Waals surface area contributed by atoms with Crippen molar-refractivity contribution in [3.8, 4) is 11.5 Å². The maximum absolute atomic E-state index is 13.9. The highest BCUT2D eigenvalue weighted by molar-refractivity contribution is 6.09. The normalized spacial score (nSPS) is 15.0. The number of hydrogen-bond acceptors (Lipinski definition) is 7. The molecule has 8 heteroatoms. The monoisotopic (exact) mass is 485 g/mol. The molecule has 0 fully saturated rings. The van der Waals surface area contributed by atoms with E-state index in [1.807, 2.05) is 26.0 Å². The molecule has 1 unspecified atom stereocenters. The van der Waals surface area contributed by atoms with Gasteiger partial charge in [0, 0.05) is 12.4 Å². The molecule has 0 saturated carbocycles. The lowest BCUT2D eigenvalue weighted by atomic mass is 9.97. The van der Waals surface area contributed by atoms with E-state index >= 15 is 0 Å². The van der Waals surface area contributed by atoms with Crippen molar-refractivity contribution in [3.63, 3.8) is 0 Å². The lowest BCUT2D eigenvalue weighted by Crippen LogP contribution is -2.31. The zero-order valence-corrected chi connectivity index (χ0v) is 20.9. The minimum Gasteiger partial charge on any atom is -0.493 e. The Balaban J connectivity index is 1.74. The molecule has 5 rings (SSSR count). The first kappa shape index (κ1) is 23.5. The Hall–Kier alpha value is -4.20. The van der Waals surface area contributed by atoms with Gasteiger partial charge in [0.05, 0.1) is 30.7 Å². The van der Waals surface area contributed by atoms with Crippen molar-refractivity contribution in [3.05, 3.63) is 87.0 Å². The molecular formula is C28H27N3O5. The average Bonchev–Trinajstić information content (AvgIpc) is 3.16. The molecule has 0 spiro atoms. The van der Waals surface area contributed by atoms with E-state index in [9.17, 15) is 9.59 Å². The molecule has 0 bridgehead atoms. The molecule has 3 heterocycles. The van der Waals surface area contributed by atoms with Gasteiger partial charge in [-0.2, -0.15) is 0 Å². The second-order valence-corrected chi connectivity index (χ2v) is 9.35. The Morgan fingerprint density at radius 3 is 2.44 bits per heavy atom. The lowest BCUT2D eigenvalue weighted by Gasteiger charge is -2.24. The molecule has 8 nitrogen and oxygen atoms in total. The number of ether oxygens (including phenoxy) is 2. The molecule has 36 heavy (non-hydrogen) atoms. The topological polar surface area (TPSA) is 94.8 Å². The Labute approximate surface area is 208 Å². The number of fused-ring (bicyclic) bond motifs is 2. The third kappa shape index (κ3) is 3.88. The summed E-state index contributed by atoms with van der Waals surface area (Å²) in [6.45, 7) is 8.53. The van der Waals surface area contributed by atoms with E-state index in [1.165, 1.54) is 4.90 Å². The molecule has 1 atom stereocenters. The van der Waals surface area contributed by atoms with E-state index in [0.717, 1.165) is 11.1 Å². The minimum absolute atomic E-state index is 0.00712. The zero-order chi connectivity index (χ0) is 25.6. The van der Waals surface area contributed by atoms with E-state index in [1.54, 1.807) is 43.8 Å². The van der Waals surface area contributed by atoms with Crippen LogP contribution in [0.5, 0.6) is 11.5 Å². The summed E-state index contributed by atoms with van der Waals surface area (Å²) in [5, 5.41) is 0.425. The molecule has 0 radical (unpaired) electrons. The summed E-state index contributed by atoms with van der Waals surface area (Å²) in [4.78, 5) is 37.5. The van der Waals surface area contributed by atoms with Crippen LogP contribution in [0.15, 0.2) is 58.0 Å². The third-order valence-corrected chi connectivity index (χ3v) is 6.33. The van der Waals surface area contributed by atoms with Gasteiger partial charge in [-0.05, 0) is 66.8 Å². The number of anilines is 1. The molecule has 1 aliphatic heterocycles. The third-order valence-electron chi connectivity index (χ3n) is 6.33. The second kappa shape index (κ2) is 9.11. The van der Waals surface area contributed by atoms with Crippen molar-refractivity contribution in [1.29, 1.82) is 0 Å². The maximum Gasteiger partial charge on any atom is 0.297 e. The molecule has 0 aliphatic carbocycles. The molecule has 2 aromatic carbocycles. The first-order valence-electron chi connectivity index (χ1n) is 11.8. The molecule has 2 aromatic heterocycles. The Morgan fingerprint density at radius 2 is 1.75 bits per heavy atom. The first-order valence-corrected chi connectivity index (χ1v) is 11.8. The van der Waals surface area contributed by atoms with Crippen LogP contribution in [0.3, 0.4) is 0 Å². The highest BCUT2D eigenvalue weighted by Crippen LogP contribution is 2.42. The Bertz CT molecular complexity index is 1530. The number of nitrogens with zero attached hydrogens (tertiary/aromatic N) is 3. The summed E-state index contributed by atoms with van der Waals surface area (Å²) in [5.74, 6) is 1.11. The highest BCUT2D eigenvalue weighted by Gasteiger charge is 2.45. The van der Waals surface area contributed by atoms with E-state index in [-0.39, 0.29) is 22.7 Å². The minimum atomic E-state index is -0.801. The number of carbonyl (C=O) groups excluding carboxylic acids is 1. The predicted molar refractivity (Wildman–Crippen MR) is 136 cm³/mol. The molecule has 184 valence electrons. The van der Waals surface area contributed by atoms with Crippen molar-refractivity contribution in [1.82, 2.24) is 9.97 Å². The van der Waals surface area contributed by atoms with Crippen LogP contribution in [0.25, 0.3) is 11.0 Å². The van der Waals surface area contributed by atoms with Gasteiger partial charge in [-0.1, -0.05) is 19.9 Å². The Morgan fingerprint density at radius 1 is 1.03 bits per heavy atom. The summed E-state index contributed by atoms with van der Waals surface area (Å²) < 4.78 is 17.6. The average molecular weight is 486 g/mol. The number of aryl methyl sites for hydroxylation is 2. The van der Waals surface area contributed by atoms with Crippen LogP contribution in [-0.2, 0) is 0 Å². The summed E-state index contributed by atoms with van der Waals surface area (Å²) >= 11 is 0. The Kier molecular flexibility index (Phi) is 5.96. The number of carbonyl (C=O) groups is 1. The lowest BCUT2D eigenvalue weighted by molar-refractivity contribution is 0.0969. The van der Waals surface area contributed by atoms with Crippen LogP contribution in [0.2, 0.25) is 0 Å². The summed E-state index contributed by atoms with van der Waals surface area (Å²) in [5.41, 5.74) is 2.95. The number of hydrogen-bond donors (Lipinski definition) is 0. The molecule has 1 amide bonds. The van der Waals surface area contributed by atoms with Gasteiger partial charge in [0.2, 0.25) is 11.7 Å². The van der Waals surface area contributed by atoms with Gasteiger partial charge >= 0.3 is 0 Å². The van der Waals surface area contributed by atoms with Gasteiger partial charge in [-0.3, -0.25) is 14.5 Å². The molecule has 4 aromatic rings. The fourth-order valence-electron chi connectivity index (χ4n) is 4.40. The molecule has 0 N–H and O–H groups in total. The highest BCUT2D eigenvalue weighted by atomic mass is 16.5. The zero-order valence-electron chi connectivity index (χ0n) is 20.9. The van der Waals surface area contributed by atoms with Crippen LogP contribution >= 0.6 is 0 Å². The van der Waals surface area contributed by atoms with Gasteiger partial charge in [-0.15, -0.1) is 0 Å². The van der Waals surface area contributed by atoms with Crippen LogP contribution in [0.1, 0.15) is 52.7 Å². The summed E-state index contributed by atoms with van der Waals surface area (Å²) in [6, 6.07) is 9.86. The molecule has 1 aliphatic rings. The molecular weight excluding hydrogens is 458 g/mol. The van der Waals surface area contributed by atoms with E-state index in [4.69, 9.17) is 13.9 Å². The van der Waals surface area contributed by atoms with Crippen LogP contribution in [-0.4, -0.2) is 29.6 Å². The number of aromatic nitrogens is 2. The maximum atomic E-state index is 13.9. The second-order valence-electron chi connectivity index (χ2n) is 9.35. The summed E-state index contributed by atoms with van der Waals surface area (Å²) in [7, 11) is 1.56. The van der Waals surface area contributed by atoms with Gasteiger partial charge in [0.15, 0.2) is 16.9 Å². The van der Waals surface area contributed by atoms with Crippen LogP contribution < -0.4 is 19.8 Å². The number of amides is 1. The van der Waals surface area contributed by atoms with Crippen molar-refractivity contribution >= 4 is 22.8 Å². The van der Waals surface area contributed by atoms with Gasteiger partial charge < -0.3 is 13.9 Å². The van der Waals surface area contributed by atoms with E-state index in [2.05, 4.69) is 23.8 Å². The van der Waals surface area contributed by atoms with Crippen molar-refractivity contribution in [2.45, 2.75) is 33.7 Å². The fourth-order valence-corrected chi connectivity index (χ4v) is 4.40. The van der Waals surface area contributed by atoms with E-state index in [0.29, 0.717) is 40.6 Å². The quantitative estimate of drug-likeness (QED) is 0.380. The molecule has 0 saturated heterocycles. The smallest absolute Gasteiger partial charge is 0.297 e. The first-order chi connectivity index (χ1) is 17.3. The van der Waals surface area contributed by atoms with Crippen LogP contribution in [0, 0.1) is 19.8 Å². The van der Waals surface area contributed by atoms with Gasteiger partial charge in [0.25, 0.3) is 5.91 Å². The standard InChI is InChI=1S/C28H27N3O5/c1-15(2)14-35-20-8-7-18(13-22(20)34-5)24-23-25(32)19-11-16(3)17(4)12-21(19)36-26(23)27(33)31(24)28-29-9-6-10-30-28/h6-13,15,24H,14H2,1-5H3. The van der Waals surface area contributed by atoms with Crippen molar-refractivity contribution < 1.29 is 18.7 Å². The van der Waals surface area contributed by atoms with E-state index < -0.39 is 11.9 Å². The number of benzene rings is 2. The number of rotatable bonds is 6.